The summed E-state index contributed by atoms with van der Waals surface area (Å²) in [6, 6.07) is 0.186. The third kappa shape index (κ3) is 3.02. The van der Waals surface area contributed by atoms with Crippen LogP contribution in [0.2, 0.25) is 5.28 Å². The van der Waals surface area contributed by atoms with Crippen LogP contribution >= 0.6 is 11.6 Å². The van der Waals surface area contributed by atoms with Crippen molar-refractivity contribution in [3.63, 3.8) is 0 Å². The van der Waals surface area contributed by atoms with E-state index >= 15 is 0 Å². The fourth-order valence-corrected chi connectivity index (χ4v) is 1.52. The zero-order valence-electron chi connectivity index (χ0n) is 9.17. The summed E-state index contributed by atoms with van der Waals surface area (Å²) in [5.41, 5.74) is 0. The van der Waals surface area contributed by atoms with Crippen LogP contribution in [0, 0.1) is 5.82 Å². The topological polar surface area (TPSA) is 29.0 Å². The third-order valence-corrected chi connectivity index (χ3v) is 2.24. The van der Waals surface area contributed by atoms with Gasteiger partial charge in [-0.15, -0.1) is 0 Å². The van der Waals surface area contributed by atoms with Gasteiger partial charge >= 0.3 is 0 Å². The molecule has 0 unspecified atom stereocenters. The molecule has 3 nitrogen and oxygen atoms in total. The molecule has 0 aromatic carbocycles. The van der Waals surface area contributed by atoms with E-state index in [1.807, 2.05) is 25.7 Å². The number of nitrogens with zero attached hydrogens (tertiary/aromatic N) is 3. The summed E-state index contributed by atoms with van der Waals surface area (Å²) in [6.07, 6.45) is 2.04. The number of aromatic nitrogens is 2. The minimum Gasteiger partial charge on any atom is -0.352 e. The number of hydrogen-bond acceptors (Lipinski definition) is 3. The number of rotatable bonds is 4. The minimum atomic E-state index is -0.429. The molecule has 0 aliphatic carbocycles. The quantitative estimate of drug-likeness (QED) is 0.747. The number of hydrogen-bond donors (Lipinski definition) is 0. The Morgan fingerprint density at radius 2 is 2.20 bits per heavy atom. The Kier molecular flexibility index (Phi) is 4.27. The molecule has 0 N–H and O–H groups in total. The molecule has 0 bridgehead atoms. The SMILES string of the molecule is CCCN(c1nc(Cl)ncc1F)C(C)C. The van der Waals surface area contributed by atoms with Gasteiger partial charge in [-0.25, -0.2) is 9.37 Å². The molecule has 0 spiro atoms. The average Bonchev–Trinajstić information content (AvgIpc) is 2.18. The van der Waals surface area contributed by atoms with Crippen molar-refractivity contribution in [2.45, 2.75) is 33.2 Å². The van der Waals surface area contributed by atoms with Gasteiger partial charge in [-0.1, -0.05) is 6.92 Å². The summed E-state index contributed by atoms with van der Waals surface area (Å²) in [7, 11) is 0. The van der Waals surface area contributed by atoms with Crippen LogP contribution in [0.15, 0.2) is 6.20 Å². The second-order valence-corrected chi connectivity index (χ2v) is 3.94. The summed E-state index contributed by atoms with van der Waals surface area (Å²) in [4.78, 5) is 9.39. The molecular weight excluding hydrogens is 217 g/mol. The average molecular weight is 232 g/mol. The lowest BCUT2D eigenvalue weighted by molar-refractivity contribution is 0.580. The van der Waals surface area contributed by atoms with E-state index in [4.69, 9.17) is 11.6 Å². The van der Waals surface area contributed by atoms with Crippen LogP contribution in [0.3, 0.4) is 0 Å². The van der Waals surface area contributed by atoms with E-state index < -0.39 is 5.82 Å². The molecule has 0 atom stereocenters. The molecule has 15 heavy (non-hydrogen) atoms. The predicted octanol–water partition coefficient (Wildman–Crippen LogP) is 2.89. The van der Waals surface area contributed by atoms with Crippen molar-refractivity contribution in [1.82, 2.24) is 9.97 Å². The Labute approximate surface area is 94.3 Å². The van der Waals surface area contributed by atoms with Crippen molar-refractivity contribution in [3.05, 3.63) is 17.3 Å². The monoisotopic (exact) mass is 231 g/mol. The first-order valence-electron chi connectivity index (χ1n) is 5.01. The Morgan fingerprint density at radius 1 is 1.53 bits per heavy atom. The highest BCUT2D eigenvalue weighted by Crippen LogP contribution is 2.19. The molecule has 1 rings (SSSR count). The van der Waals surface area contributed by atoms with Gasteiger partial charge in [0.15, 0.2) is 11.6 Å². The molecule has 84 valence electrons. The molecule has 0 fully saturated rings. The van der Waals surface area contributed by atoms with Crippen molar-refractivity contribution in [2.24, 2.45) is 0 Å². The smallest absolute Gasteiger partial charge is 0.224 e. The lowest BCUT2D eigenvalue weighted by Crippen LogP contribution is -2.33. The zero-order chi connectivity index (χ0) is 11.4. The standard InChI is InChI=1S/C10H15ClFN3/c1-4-5-15(7(2)3)9-8(12)6-13-10(11)14-9/h6-7H,4-5H2,1-3H3. The summed E-state index contributed by atoms with van der Waals surface area (Å²) in [6.45, 7) is 6.77. The lowest BCUT2D eigenvalue weighted by atomic mass is 10.3. The Morgan fingerprint density at radius 3 is 2.73 bits per heavy atom. The first-order valence-corrected chi connectivity index (χ1v) is 5.38. The van der Waals surface area contributed by atoms with Gasteiger partial charge in [-0.05, 0) is 31.9 Å². The second kappa shape index (κ2) is 5.26. The maximum atomic E-state index is 13.5. The molecule has 0 aliphatic heterocycles. The van der Waals surface area contributed by atoms with E-state index in [2.05, 4.69) is 9.97 Å². The molecular formula is C10H15ClFN3. The van der Waals surface area contributed by atoms with Crippen LogP contribution < -0.4 is 4.90 Å². The predicted molar refractivity (Wildman–Crippen MR) is 59.8 cm³/mol. The van der Waals surface area contributed by atoms with Gasteiger partial charge in [0, 0.05) is 12.6 Å². The first-order chi connectivity index (χ1) is 7.06. The molecule has 1 aromatic rings. The van der Waals surface area contributed by atoms with Gasteiger partial charge in [-0.2, -0.15) is 4.98 Å². The highest BCUT2D eigenvalue weighted by molar-refractivity contribution is 6.28. The van der Waals surface area contributed by atoms with Crippen molar-refractivity contribution in [2.75, 3.05) is 11.4 Å². The van der Waals surface area contributed by atoms with Crippen LogP contribution in [0.25, 0.3) is 0 Å². The largest absolute Gasteiger partial charge is 0.352 e. The first kappa shape index (κ1) is 12.2. The normalized spacial score (nSPS) is 10.8. The maximum Gasteiger partial charge on any atom is 0.224 e. The third-order valence-electron chi connectivity index (χ3n) is 2.06. The highest BCUT2D eigenvalue weighted by atomic mass is 35.5. The molecule has 0 aliphatic rings. The highest BCUT2D eigenvalue weighted by Gasteiger charge is 2.16. The van der Waals surface area contributed by atoms with Crippen LogP contribution in [0.1, 0.15) is 27.2 Å². The van der Waals surface area contributed by atoms with Gasteiger partial charge in [-0.3, -0.25) is 0 Å². The van der Waals surface area contributed by atoms with Crippen molar-refractivity contribution in [1.29, 1.82) is 0 Å². The van der Waals surface area contributed by atoms with Gasteiger partial charge in [0.05, 0.1) is 6.20 Å². The molecule has 0 saturated heterocycles. The molecule has 1 heterocycles. The Hall–Kier alpha value is -0.900. The summed E-state index contributed by atoms with van der Waals surface area (Å²) in [5, 5.41) is 0.0770. The van der Waals surface area contributed by atoms with Crippen molar-refractivity contribution >= 4 is 17.4 Å². The number of anilines is 1. The van der Waals surface area contributed by atoms with Gasteiger partial charge in [0.1, 0.15) is 0 Å². The second-order valence-electron chi connectivity index (χ2n) is 3.60. The zero-order valence-corrected chi connectivity index (χ0v) is 9.92. The molecule has 5 heteroatoms. The molecule has 0 amide bonds. The summed E-state index contributed by atoms with van der Waals surface area (Å²) >= 11 is 5.65. The number of halogens is 2. The summed E-state index contributed by atoms with van der Waals surface area (Å²) in [5.74, 6) is -0.145. The van der Waals surface area contributed by atoms with E-state index in [0.717, 1.165) is 19.2 Å². The van der Waals surface area contributed by atoms with Gasteiger partial charge in [0.2, 0.25) is 5.28 Å². The van der Waals surface area contributed by atoms with E-state index in [-0.39, 0.29) is 17.1 Å². The fourth-order valence-electron chi connectivity index (χ4n) is 1.39. The molecule has 0 saturated carbocycles. The Bertz CT molecular complexity index is 330. The molecule has 0 radical (unpaired) electrons. The summed E-state index contributed by atoms with van der Waals surface area (Å²) < 4.78 is 13.5. The Balaban J connectivity index is 3.04. The van der Waals surface area contributed by atoms with E-state index in [1.165, 1.54) is 0 Å². The minimum absolute atomic E-state index is 0.0770. The van der Waals surface area contributed by atoms with Crippen molar-refractivity contribution < 1.29 is 4.39 Å². The van der Waals surface area contributed by atoms with Crippen LogP contribution in [0.5, 0.6) is 0 Å². The van der Waals surface area contributed by atoms with Crippen LogP contribution in [-0.4, -0.2) is 22.6 Å². The van der Waals surface area contributed by atoms with Crippen molar-refractivity contribution in [3.8, 4) is 0 Å². The van der Waals surface area contributed by atoms with Crippen LogP contribution in [0.4, 0.5) is 10.2 Å². The molecule has 1 aromatic heterocycles. The van der Waals surface area contributed by atoms with Gasteiger partial charge in [0.25, 0.3) is 0 Å². The van der Waals surface area contributed by atoms with E-state index in [0.29, 0.717) is 0 Å². The maximum absolute atomic E-state index is 13.5. The fraction of sp³-hybridized carbons (Fsp3) is 0.600. The van der Waals surface area contributed by atoms with E-state index in [9.17, 15) is 4.39 Å². The lowest BCUT2D eigenvalue weighted by Gasteiger charge is -2.27. The van der Waals surface area contributed by atoms with E-state index in [1.54, 1.807) is 0 Å². The van der Waals surface area contributed by atoms with Crippen LogP contribution in [-0.2, 0) is 0 Å². The van der Waals surface area contributed by atoms with Gasteiger partial charge < -0.3 is 4.90 Å².